The Kier molecular flexibility index (Phi) is 4.76. The molecule has 0 fully saturated rings. The summed E-state index contributed by atoms with van der Waals surface area (Å²) in [6.07, 6.45) is 1.64. The van der Waals surface area contributed by atoms with Crippen molar-refractivity contribution in [2.45, 2.75) is 17.9 Å². The van der Waals surface area contributed by atoms with Crippen LogP contribution in [0.3, 0.4) is 0 Å². The Morgan fingerprint density at radius 3 is 2.60 bits per heavy atom. The lowest BCUT2D eigenvalue weighted by atomic mass is 10.3. The second-order valence-electron chi connectivity index (χ2n) is 5.35. The molecule has 3 aromatic rings. The molecule has 7 nitrogen and oxygen atoms in total. The normalized spacial score (nSPS) is 12.9. The average Bonchev–Trinajstić information content (AvgIpc) is 3.08. The molecule has 0 aliphatic carbocycles. The van der Waals surface area contributed by atoms with Crippen LogP contribution in [0.15, 0.2) is 59.6 Å². The molecular weight excluding hydrogens is 364 g/mol. The van der Waals surface area contributed by atoms with Crippen molar-refractivity contribution in [3.63, 3.8) is 0 Å². The number of phenolic OH excluding ortho intramolecular Hbond substituents is 1. The molecule has 9 heteroatoms. The van der Waals surface area contributed by atoms with Gasteiger partial charge < -0.3 is 5.11 Å². The maximum absolute atomic E-state index is 12.5. The number of hydrogen-bond donors (Lipinski definition) is 2. The van der Waals surface area contributed by atoms with Gasteiger partial charge in [-0.25, -0.2) is 17.8 Å². The van der Waals surface area contributed by atoms with Crippen molar-refractivity contribution in [3.05, 3.63) is 65.4 Å². The van der Waals surface area contributed by atoms with E-state index in [9.17, 15) is 13.5 Å². The molecule has 1 aromatic heterocycles. The number of sulfonamides is 1. The molecule has 0 amide bonds. The lowest BCUT2D eigenvalue weighted by Crippen LogP contribution is -2.27. The smallest absolute Gasteiger partial charge is 0.244 e. The van der Waals surface area contributed by atoms with Crippen LogP contribution >= 0.6 is 11.6 Å². The lowest BCUT2D eigenvalue weighted by Gasteiger charge is -2.13. The van der Waals surface area contributed by atoms with Crippen molar-refractivity contribution in [3.8, 4) is 11.4 Å². The van der Waals surface area contributed by atoms with Crippen LogP contribution in [0, 0.1) is 0 Å². The minimum atomic E-state index is -3.98. The van der Waals surface area contributed by atoms with Gasteiger partial charge in [0, 0.05) is 0 Å². The van der Waals surface area contributed by atoms with Crippen LogP contribution in [-0.4, -0.2) is 28.5 Å². The average molecular weight is 379 g/mol. The second-order valence-corrected chi connectivity index (χ2v) is 7.44. The molecule has 1 atom stereocenters. The topological polar surface area (TPSA) is 97.1 Å². The third kappa shape index (κ3) is 3.65. The van der Waals surface area contributed by atoms with E-state index >= 15 is 0 Å². The van der Waals surface area contributed by atoms with E-state index in [2.05, 4.69) is 15.0 Å². The fourth-order valence-corrected chi connectivity index (χ4v) is 3.82. The standard InChI is InChI=1S/C16H15ClN4O3S/c1-11(14-10-21(20-18-14)12-6-3-2-4-7-12)19-25(23,24)15-9-5-8-13(17)16(15)22/h2-11,19,22H,1H3. The van der Waals surface area contributed by atoms with Gasteiger partial charge in [-0.3, -0.25) is 0 Å². The number of benzene rings is 2. The Morgan fingerprint density at radius 2 is 1.88 bits per heavy atom. The summed E-state index contributed by atoms with van der Waals surface area (Å²) in [6, 6.07) is 12.8. The van der Waals surface area contributed by atoms with Gasteiger partial charge in [0.1, 0.15) is 10.6 Å². The zero-order chi connectivity index (χ0) is 18.0. The molecule has 2 aromatic carbocycles. The maximum atomic E-state index is 12.5. The molecule has 0 aliphatic rings. The molecule has 0 aliphatic heterocycles. The zero-order valence-corrected chi connectivity index (χ0v) is 14.7. The number of rotatable bonds is 5. The molecule has 1 heterocycles. The number of halogens is 1. The van der Waals surface area contributed by atoms with Crippen LogP contribution in [0.4, 0.5) is 0 Å². The molecule has 0 spiro atoms. The largest absolute Gasteiger partial charge is 0.505 e. The molecule has 25 heavy (non-hydrogen) atoms. The molecule has 0 radical (unpaired) electrons. The Morgan fingerprint density at radius 1 is 1.16 bits per heavy atom. The van der Waals surface area contributed by atoms with Crippen molar-refractivity contribution >= 4 is 21.6 Å². The van der Waals surface area contributed by atoms with E-state index in [4.69, 9.17) is 11.6 Å². The highest BCUT2D eigenvalue weighted by atomic mass is 35.5. The van der Waals surface area contributed by atoms with Gasteiger partial charge in [0.2, 0.25) is 10.0 Å². The van der Waals surface area contributed by atoms with Crippen molar-refractivity contribution in [1.82, 2.24) is 19.7 Å². The molecule has 0 saturated heterocycles. The molecule has 2 N–H and O–H groups in total. The van der Waals surface area contributed by atoms with E-state index in [0.717, 1.165) is 5.69 Å². The summed E-state index contributed by atoms with van der Waals surface area (Å²) in [7, 11) is -3.98. The highest BCUT2D eigenvalue weighted by molar-refractivity contribution is 7.89. The third-order valence-electron chi connectivity index (χ3n) is 3.55. The molecule has 1 unspecified atom stereocenters. The van der Waals surface area contributed by atoms with Crippen molar-refractivity contribution in [2.24, 2.45) is 0 Å². The van der Waals surface area contributed by atoms with Gasteiger partial charge in [-0.2, -0.15) is 0 Å². The maximum Gasteiger partial charge on any atom is 0.244 e. The molecule has 0 bridgehead atoms. The summed E-state index contributed by atoms with van der Waals surface area (Å²) < 4.78 is 29.0. The van der Waals surface area contributed by atoms with E-state index in [1.54, 1.807) is 17.8 Å². The van der Waals surface area contributed by atoms with E-state index < -0.39 is 21.8 Å². The van der Waals surface area contributed by atoms with E-state index in [1.165, 1.54) is 18.2 Å². The summed E-state index contributed by atoms with van der Waals surface area (Å²) in [5.41, 5.74) is 1.25. The fourth-order valence-electron chi connectivity index (χ4n) is 2.25. The van der Waals surface area contributed by atoms with E-state index in [0.29, 0.717) is 5.69 Å². The summed E-state index contributed by atoms with van der Waals surface area (Å²) in [5.74, 6) is -0.489. The predicted molar refractivity (Wildman–Crippen MR) is 93.2 cm³/mol. The first-order valence-corrected chi connectivity index (χ1v) is 9.22. The van der Waals surface area contributed by atoms with Crippen molar-refractivity contribution in [1.29, 1.82) is 0 Å². The molecule has 3 rings (SSSR count). The number of hydrogen-bond acceptors (Lipinski definition) is 5. The Balaban J connectivity index is 1.84. The fraction of sp³-hybridized carbons (Fsp3) is 0.125. The Bertz CT molecular complexity index is 990. The monoisotopic (exact) mass is 378 g/mol. The number of aromatic hydroxyl groups is 1. The number of phenols is 1. The summed E-state index contributed by atoms with van der Waals surface area (Å²) in [6.45, 7) is 1.64. The van der Waals surface area contributed by atoms with Crippen LogP contribution in [0.1, 0.15) is 18.7 Å². The van der Waals surface area contributed by atoms with Gasteiger partial charge in [-0.15, -0.1) is 5.10 Å². The number of nitrogens with zero attached hydrogens (tertiary/aromatic N) is 3. The predicted octanol–water partition coefficient (Wildman–Crippen LogP) is 2.67. The summed E-state index contributed by atoms with van der Waals surface area (Å²) in [4.78, 5) is -0.290. The second kappa shape index (κ2) is 6.83. The highest BCUT2D eigenvalue weighted by Gasteiger charge is 2.24. The first-order chi connectivity index (χ1) is 11.9. The van der Waals surface area contributed by atoms with Crippen LogP contribution in [0.5, 0.6) is 5.75 Å². The minimum absolute atomic E-state index is 0.0365. The third-order valence-corrected chi connectivity index (χ3v) is 5.42. The first kappa shape index (κ1) is 17.4. The lowest BCUT2D eigenvalue weighted by molar-refractivity contribution is 0.457. The van der Waals surface area contributed by atoms with Crippen LogP contribution < -0.4 is 4.72 Å². The van der Waals surface area contributed by atoms with Crippen LogP contribution in [-0.2, 0) is 10.0 Å². The zero-order valence-electron chi connectivity index (χ0n) is 13.2. The van der Waals surface area contributed by atoms with Gasteiger partial charge in [0.25, 0.3) is 0 Å². The SMILES string of the molecule is CC(NS(=O)(=O)c1cccc(Cl)c1O)c1cn(-c2ccccc2)nn1. The van der Waals surface area contributed by atoms with Crippen molar-refractivity contribution < 1.29 is 13.5 Å². The highest BCUT2D eigenvalue weighted by Crippen LogP contribution is 2.31. The van der Waals surface area contributed by atoms with Gasteiger partial charge in [-0.05, 0) is 31.2 Å². The Labute approximate surface area is 149 Å². The van der Waals surface area contributed by atoms with Crippen LogP contribution in [0.25, 0.3) is 5.69 Å². The van der Waals surface area contributed by atoms with E-state index in [-0.39, 0.29) is 9.92 Å². The van der Waals surface area contributed by atoms with E-state index in [1.807, 2.05) is 30.3 Å². The van der Waals surface area contributed by atoms with Crippen molar-refractivity contribution in [2.75, 3.05) is 0 Å². The van der Waals surface area contributed by atoms with Gasteiger partial charge in [0.05, 0.1) is 22.9 Å². The molecule has 130 valence electrons. The van der Waals surface area contributed by atoms with Crippen LogP contribution in [0.2, 0.25) is 5.02 Å². The molecule has 0 saturated carbocycles. The van der Waals surface area contributed by atoms with Gasteiger partial charge >= 0.3 is 0 Å². The van der Waals surface area contributed by atoms with Gasteiger partial charge in [0.15, 0.2) is 5.75 Å². The Hall–Kier alpha value is -2.42. The summed E-state index contributed by atoms with van der Waals surface area (Å²) >= 11 is 5.78. The van der Waals surface area contributed by atoms with Gasteiger partial charge in [-0.1, -0.05) is 41.1 Å². The summed E-state index contributed by atoms with van der Waals surface area (Å²) in [5, 5.41) is 17.9. The number of aromatic nitrogens is 3. The number of nitrogens with one attached hydrogen (secondary N) is 1. The minimum Gasteiger partial charge on any atom is -0.505 e. The number of para-hydroxylation sites is 2. The quantitative estimate of drug-likeness (QED) is 0.711. The molecular formula is C16H15ClN4O3S. The first-order valence-electron chi connectivity index (χ1n) is 7.36.